The van der Waals surface area contributed by atoms with Gasteiger partial charge in [0, 0.05) is 12.6 Å². The van der Waals surface area contributed by atoms with Gasteiger partial charge in [0.05, 0.1) is 12.7 Å². The molecule has 1 aromatic heterocycles. The van der Waals surface area contributed by atoms with E-state index in [9.17, 15) is 22.8 Å². The van der Waals surface area contributed by atoms with Crippen LogP contribution in [0.15, 0.2) is 35.1 Å². The second-order valence-electron chi connectivity index (χ2n) is 4.84. The molecule has 1 amide bonds. The normalized spacial score (nSPS) is 11.2. The van der Waals surface area contributed by atoms with Gasteiger partial charge >= 0.3 is 6.18 Å². The van der Waals surface area contributed by atoms with Gasteiger partial charge in [-0.05, 0) is 24.1 Å². The summed E-state index contributed by atoms with van der Waals surface area (Å²) in [5.41, 5.74) is -0.729. The van der Waals surface area contributed by atoms with E-state index in [0.29, 0.717) is 12.0 Å². The van der Waals surface area contributed by atoms with Crippen LogP contribution in [0.5, 0.6) is 6.01 Å². The lowest BCUT2D eigenvalue weighted by Crippen LogP contribution is -2.28. The van der Waals surface area contributed by atoms with Gasteiger partial charge in [-0.2, -0.15) is 18.2 Å². The molecule has 0 unspecified atom stereocenters. The van der Waals surface area contributed by atoms with Gasteiger partial charge in [0.25, 0.3) is 17.5 Å². The summed E-state index contributed by atoms with van der Waals surface area (Å²) in [6.07, 6.45) is -4.04. The maximum Gasteiger partial charge on any atom is 0.416 e. The molecule has 24 heavy (non-hydrogen) atoms. The highest BCUT2D eigenvalue weighted by atomic mass is 19.4. The molecule has 128 valence electrons. The van der Waals surface area contributed by atoms with Gasteiger partial charge in [0.1, 0.15) is 5.69 Å². The van der Waals surface area contributed by atoms with Crippen LogP contribution in [0.2, 0.25) is 0 Å². The van der Waals surface area contributed by atoms with Crippen molar-refractivity contribution in [1.82, 2.24) is 15.3 Å². The lowest BCUT2D eigenvalue weighted by Gasteiger charge is -2.08. The van der Waals surface area contributed by atoms with Crippen LogP contribution < -0.4 is 15.6 Å². The van der Waals surface area contributed by atoms with E-state index in [1.807, 2.05) is 0 Å². The molecular weight excluding hydrogens is 327 g/mol. The number of nitrogens with zero attached hydrogens (tertiary/aromatic N) is 1. The number of H-pyrrole nitrogens is 1. The van der Waals surface area contributed by atoms with E-state index in [1.54, 1.807) is 0 Å². The van der Waals surface area contributed by atoms with Crippen LogP contribution in [0.3, 0.4) is 0 Å². The van der Waals surface area contributed by atoms with Crippen LogP contribution in [0.4, 0.5) is 13.2 Å². The van der Waals surface area contributed by atoms with Crippen molar-refractivity contribution in [3.05, 3.63) is 57.5 Å². The van der Waals surface area contributed by atoms with Crippen molar-refractivity contribution in [2.24, 2.45) is 0 Å². The van der Waals surface area contributed by atoms with Crippen molar-refractivity contribution < 1.29 is 22.7 Å². The van der Waals surface area contributed by atoms with Crippen LogP contribution in [-0.2, 0) is 12.6 Å². The summed E-state index contributed by atoms with van der Waals surface area (Å²) in [7, 11) is 1.30. The standard InChI is InChI=1S/C15H14F3N3O3/c1-24-14-20-11(8-12(22)21-14)13(23)19-7-6-9-2-4-10(5-3-9)15(16,17)18/h2-5,8H,6-7H2,1H3,(H,19,23)(H,20,21,22). The van der Waals surface area contributed by atoms with Crippen molar-refractivity contribution in [1.29, 1.82) is 0 Å². The molecule has 1 aromatic carbocycles. The number of carbonyl (C=O) groups excluding carboxylic acids is 1. The molecule has 0 aliphatic heterocycles. The second kappa shape index (κ2) is 7.16. The number of halogens is 3. The number of hydrogen-bond acceptors (Lipinski definition) is 4. The summed E-state index contributed by atoms with van der Waals surface area (Å²) in [4.78, 5) is 29.3. The third-order valence-electron chi connectivity index (χ3n) is 3.13. The Morgan fingerprint density at radius 1 is 1.29 bits per heavy atom. The van der Waals surface area contributed by atoms with E-state index in [0.717, 1.165) is 18.2 Å². The number of benzene rings is 1. The number of carbonyl (C=O) groups is 1. The van der Waals surface area contributed by atoms with Gasteiger partial charge in [0.15, 0.2) is 0 Å². The van der Waals surface area contributed by atoms with Gasteiger partial charge in [-0.15, -0.1) is 0 Å². The fraction of sp³-hybridized carbons (Fsp3) is 0.267. The molecule has 9 heteroatoms. The van der Waals surface area contributed by atoms with Crippen molar-refractivity contribution in [3.8, 4) is 6.01 Å². The monoisotopic (exact) mass is 341 g/mol. The summed E-state index contributed by atoms with van der Waals surface area (Å²) in [6, 6.07) is 5.61. The summed E-state index contributed by atoms with van der Waals surface area (Å²) in [5.74, 6) is -0.577. The molecule has 6 nitrogen and oxygen atoms in total. The largest absolute Gasteiger partial charge is 0.468 e. The molecule has 0 saturated carbocycles. The fourth-order valence-electron chi connectivity index (χ4n) is 1.92. The Balaban J connectivity index is 1.93. The molecule has 0 fully saturated rings. The van der Waals surface area contributed by atoms with Crippen molar-refractivity contribution in [2.45, 2.75) is 12.6 Å². The number of ether oxygens (including phenoxy) is 1. The van der Waals surface area contributed by atoms with Crippen molar-refractivity contribution in [3.63, 3.8) is 0 Å². The van der Waals surface area contributed by atoms with Gasteiger partial charge in [-0.25, -0.2) is 0 Å². The molecule has 0 saturated heterocycles. The van der Waals surface area contributed by atoms with Crippen molar-refractivity contribution in [2.75, 3.05) is 13.7 Å². The van der Waals surface area contributed by atoms with E-state index in [1.165, 1.54) is 19.2 Å². The lowest BCUT2D eigenvalue weighted by molar-refractivity contribution is -0.137. The zero-order valence-electron chi connectivity index (χ0n) is 12.6. The number of aromatic nitrogens is 2. The van der Waals surface area contributed by atoms with E-state index in [4.69, 9.17) is 4.74 Å². The van der Waals surface area contributed by atoms with E-state index >= 15 is 0 Å². The Kier molecular flexibility index (Phi) is 5.22. The van der Waals surface area contributed by atoms with Crippen molar-refractivity contribution >= 4 is 5.91 Å². The lowest BCUT2D eigenvalue weighted by atomic mass is 10.1. The number of methoxy groups -OCH3 is 1. The number of alkyl halides is 3. The number of nitrogens with one attached hydrogen (secondary N) is 2. The molecular formula is C15H14F3N3O3. The Hall–Kier alpha value is -2.84. The van der Waals surface area contributed by atoms with Crippen LogP contribution >= 0.6 is 0 Å². The summed E-state index contributed by atoms with van der Waals surface area (Å²) < 4.78 is 42.1. The third kappa shape index (κ3) is 4.58. The Morgan fingerprint density at radius 3 is 2.54 bits per heavy atom. The topological polar surface area (TPSA) is 84.1 Å². The first-order chi connectivity index (χ1) is 11.3. The molecule has 2 rings (SSSR count). The summed E-state index contributed by atoms with van der Waals surface area (Å²) >= 11 is 0. The molecule has 0 bridgehead atoms. The quantitative estimate of drug-likeness (QED) is 0.868. The second-order valence-corrected chi connectivity index (χ2v) is 4.84. The Morgan fingerprint density at radius 2 is 1.96 bits per heavy atom. The number of amides is 1. The summed E-state index contributed by atoms with van der Waals surface area (Å²) in [5, 5.41) is 2.54. The van der Waals surface area contributed by atoms with E-state index in [2.05, 4.69) is 15.3 Å². The van der Waals surface area contributed by atoms with Crippen LogP contribution in [0, 0.1) is 0 Å². The Labute approximate surface area is 134 Å². The molecule has 0 aliphatic rings. The molecule has 1 heterocycles. The van der Waals surface area contributed by atoms with Gasteiger partial charge in [-0.1, -0.05) is 12.1 Å². The molecule has 0 radical (unpaired) electrons. The molecule has 2 N–H and O–H groups in total. The Bertz CT molecular complexity index is 770. The van der Waals surface area contributed by atoms with Crippen LogP contribution in [0.1, 0.15) is 21.6 Å². The van der Waals surface area contributed by atoms with E-state index in [-0.39, 0.29) is 18.2 Å². The smallest absolute Gasteiger partial charge is 0.416 e. The molecule has 2 aromatic rings. The minimum absolute atomic E-state index is 0.0876. The zero-order chi connectivity index (χ0) is 17.7. The summed E-state index contributed by atoms with van der Waals surface area (Å²) in [6.45, 7) is 0.182. The predicted molar refractivity (Wildman–Crippen MR) is 78.9 cm³/mol. The average Bonchev–Trinajstić information content (AvgIpc) is 2.53. The number of hydrogen-bond donors (Lipinski definition) is 2. The minimum Gasteiger partial charge on any atom is -0.468 e. The molecule has 0 spiro atoms. The fourth-order valence-corrected chi connectivity index (χ4v) is 1.92. The number of aromatic amines is 1. The molecule has 0 aliphatic carbocycles. The first-order valence-corrected chi connectivity index (χ1v) is 6.89. The van der Waals surface area contributed by atoms with Gasteiger partial charge < -0.3 is 10.1 Å². The first kappa shape index (κ1) is 17.5. The average molecular weight is 341 g/mol. The van der Waals surface area contributed by atoms with Gasteiger partial charge in [-0.3, -0.25) is 14.6 Å². The predicted octanol–water partition coefficient (Wildman–Crippen LogP) is 1.77. The van der Waals surface area contributed by atoms with Crippen LogP contribution in [-0.4, -0.2) is 29.5 Å². The van der Waals surface area contributed by atoms with Crippen LogP contribution in [0.25, 0.3) is 0 Å². The highest BCUT2D eigenvalue weighted by Gasteiger charge is 2.29. The third-order valence-corrected chi connectivity index (χ3v) is 3.13. The molecule has 0 atom stereocenters. The highest BCUT2D eigenvalue weighted by Crippen LogP contribution is 2.29. The maximum absolute atomic E-state index is 12.5. The minimum atomic E-state index is -4.38. The van der Waals surface area contributed by atoms with Gasteiger partial charge in [0.2, 0.25) is 0 Å². The number of rotatable bonds is 5. The van der Waals surface area contributed by atoms with E-state index < -0.39 is 23.2 Å². The zero-order valence-corrected chi connectivity index (χ0v) is 12.6. The SMILES string of the molecule is COc1nc(C(=O)NCCc2ccc(C(F)(F)F)cc2)cc(=O)[nH]1. The maximum atomic E-state index is 12.5. The first-order valence-electron chi connectivity index (χ1n) is 6.89. The highest BCUT2D eigenvalue weighted by molar-refractivity contribution is 5.92.